The Morgan fingerprint density at radius 1 is 1.38 bits per heavy atom. The van der Waals surface area contributed by atoms with Crippen LogP contribution in [0.2, 0.25) is 0 Å². The highest BCUT2D eigenvalue weighted by molar-refractivity contribution is 14.0. The number of ether oxygens (including phenoxy) is 1. The summed E-state index contributed by atoms with van der Waals surface area (Å²) in [6.07, 6.45) is 3.97. The van der Waals surface area contributed by atoms with E-state index in [0.29, 0.717) is 29.7 Å². The number of halogens is 1. The summed E-state index contributed by atoms with van der Waals surface area (Å²) in [6.45, 7) is 9.18. The van der Waals surface area contributed by atoms with Gasteiger partial charge in [0.25, 0.3) is 0 Å². The van der Waals surface area contributed by atoms with Crippen molar-refractivity contribution in [3.05, 3.63) is 39.0 Å². The second-order valence-corrected chi connectivity index (χ2v) is 7.98. The highest BCUT2D eigenvalue weighted by Gasteiger charge is 2.20. The van der Waals surface area contributed by atoms with E-state index in [1.807, 2.05) is 42.9 Å². The van der Waals surface area contributed by atoms with Crippen molar-refractivity contribution in [2.24, 2.45) is 4.99 Å². The van der Waals surface area contributed by atoms with Gasteiger partial charge in [-0.3, -0.25) is 4.40 Å². The van der Waals surface area contributed by atoms with Crippen LogP contribution in [-0.2, 0) is 11.3 Å². The van der Waals surface area contributed by atoms with Crippen LogP contribution in [0.25, 0.3) is 4.96 Å². The lowest BCUT2D eigenvalue weighted by Gasteiger charge is -2.15. The number of aliphatic imine (C=N–C) groups is 1. The smallest absolute Gasteiger partial charge is 0.350 e. The summed E-state index contributed by atoms with van der Waals surface area (Å²) in [6, 6.07) is -0.102. The van der Waals surface area contributed by atoms with E-state index in [2.05, 4.69) is 25.6 Å². The lowest BCUT2D eigenvalue weighted by molar-refractivity contribution is 0.0531. The van der Waals surface area contributed by atoms with Gasteiger partial charge in [-0.1, -0.05) is 0 Å². The van der Waals surface area contributed by atoms with Gasteiger partial charge in [0, 0.05) is 24.3 Å². The molecule has 3 aromatic heterocycles. The van der Waals surface area contributed by atoms with Crippen LogP contribution in [0.15, 0.2) is 22.8 Å². The first-order chi connectivity index (χ1) is 13.5. The SMILES string of the molecule is CCNC(=NCc1cn2ccsc2n1)NC(C)c1nc(C)c(C(=O)OCC)s1.I. The van der Waals surface area contributed by atoms with Crippen LogP contribution >= 0.6 is 46.7 Å². The van der Waals surface area contributed by atoms with E-state index in [9.17, 15) is 4.79 Å². The number of carbonyl (C=O) groups excluding carboxylic acids is 1. The molecule has 0 saturated heterocycles. The van der Waals surface area contributed by atoms with E-state index >= 15 is 0 Å². The Morgan fingerprint density at radius 2 is 2.17 bits per heavy atom. The molecule has 0 radical (unpaired) electrons. The number of rotatable bonds is 7. The predicted octanol–water partition coefficient (Wildman–Crippen LogP) is 3.77. The lowest BCUT2D eigenvalue weighted by Crippen LogP contribution is -2.38. The molecule has 0 aromatic carbocycles. The second kappa shape index (κ2) is 10.9. The number of nitrogens with one attached hydrogen (secondary N) is 2. The van der Waals surface area contributed by atoms with Crippen LogP contribution < -0.4 is 10.6 Å². The second-order valence-electron chi connectivity index (χ2n) is 6.07. The molecular formula is C18H25IN6O2S2. The van der Waals surface area contributed by atoms with E-state index in [1.54, 1.807) is 18.3 Å². The van der Waals surface area contributed by atoms with Crippen molar-refractivity contribution in [2.45, 2.75) is 40.3 Å². The van der Waals surface area contributed by atoms with Gasteiger partial charge < -0.3 is 15.4 Å². The number of fused-ring (bicyclic) bond motifs is 1. The van der Waals surface area contributed by atoms with Gasteiger partial charge in [0.05, 0.1) is 30.6 Å². The van der Waals surface area contributed by atoms with Gasteiger partial charge in [0.1, 0.15) is 9.88 Å². The quantitative estimate of drug-likeness (QED) is 0.202. The fraction of sp³-hybridized carbons (Fsp3) is 0.444. The summed E-state index contributed by atoms with van der Waals surface area (Å²) in [7, 11) is 0. The minimum absolute atomic E-state index is 0. The number of esters is 1. The van der Waals surface area contributed by atoms with Crippen LogP contribution in [0.1, 0.15) is 52.9 Å². The molecular weight excluding hydrogens is 523 g/mol. The minimum Gasteiger partial charge on any atom is -0.462 e. The third-order valence-corrected chi connectivity index (χ3v) is 5.98. The van der Waals surface area contributed by atoms with Crippen molar-refractivity contribution in [3.63, 3.8) is 0 Å². The zero-order valence-corrected chi connectivity index (χ0v) is 20.7. The molecule has 3 aromatic rings. The Bertz CT molecular complexity index is 952. The van der Waals surface area contributed by atoms with Crippen LogP contribution in [0.5, 0.6) is 0 Å². The molecule has 0 saturated carbocycles. The molecule has 0 aliphatic carbocycles. The first-order valence-corrected chi connectivity index (χ1v) is 10.8. The molecule has 8 nitrogen and oxygen atoms in total. The number of aromatic nitrogens is 3. The van der Waals surface area contributed by atoms with E-state index in [0.717, 1.165) is 22.2 Å². The predicted molar refractivity (Wildman–Crippen MR) is 128 cm³/mol. The largest absolute Gasteiger partial charge is 0.462 e. The number of hydrogen-bond acceptors (Lipinski definition) is 7. The zero-order valence-electron chi connectivity index (χ0n) is 16.8. The summed E-state index contributed by atoms with van der Waals surface area (Å²) in [5.74, 6) is 0.355. The number of aryl methyl sites for hydroxylation is 1. The molecule has 0 amide bonds. The molecule has 3 heterocycles. The van der Waals surface area contributed by atoms with E-state index in [4.69, 9.17) is 4.74 Å². The average Bonchev–Trinajstić information content (AvgIpc) is 3.34. The van der Waals surface area contributed by atoms with Gasteiger partial charge in [-0.15, -0.1) is 46.7 Å². The molecule has 1 atom stereocenters. The first kappa shape index (κ1) is 23.5. The third-order valence-electron chi connectivity index (χ3n) is 3.88. The standard InChI is InChI=1S/C18H24N6O2S2.HI/c1-5-19-17(20-9-13-10-24-7-8-27-18(24)23-13)22-12(4)15-21-11(3)14(28-15)16(25)26-6-2;/h7-8,10,12H,5-6,9H2,1-4H3,(H2,19,20,22);1H. The number of carbonyl (C=O) groups is 1. The summed E-state index contributed by atoms with van der Waals surface area (Å²) >= 11 is 2.95. The number of nitrogens with zero attached hydrogens (tertiary/aromatic N) is 4. The van der Waals surface area contributed by atoms with Gasteiger partial charge >= 0.3 is 5.97 Å². The number of imidazole rings is 1. The molecule has 0 bridgehead atoms. The maximum atomic E-state index is 12.0. The summed E-state index contributed by atoms with van der Waals surface area (Å²) in [5.41, 5.74) is 1.60. The third kappa shape index (κ3) is 5.89. The van der Waals surface area contributed by atoms with Crippen molar-refractivity contribution in [2.75, 3.05) is 13.2 Å². The molecule has 0 fully saturated rings. The summed E-state index contributed by atoms with van der Waals surface area (Å²) in [4.78, 5) is 27.2. The van der Waals surface area contributed by atoms with E-state index < -0.39 is 0 Å². The first-order valence-electron chi connectivity index (χ1n) is 9.12. The summed E-state index contributed by atoms with van der Waals surface area (Å²) in [5, 5.41) is 9.40. The van der Waals surface area contributed by atoms with Crippen molar-refractivity contribution in [1.29, 1.82) is 0 Å². The minimum atomic E-state index is -0.323. The molecule has 158 valence electrons. The number of thiazole rings is 2. The van der Waals surface area contributed by atoms with Crippen molar-refractivity contribution in [1.82, 2.24) is 25.0 Å². The molecule has 0 aliphatic heterocycles. The molecule has 2 N–H and O–H groups in total. The maximum Gasteiger partial charge on any atom is 0.350 e. The topological polar surface area (TPSA) is 92.9 Å². The zero-order chi connectivity index (χ0) is 20.1. The number of hydrogen-bond donors (Lipinski definition) is 2. The highest BCUT2D eigenvalue weighted by atomic mass is 127. The average molecular weight is 548 g/mol. The fourth-order valence-electron chi connectivity index (χ4n) is 2.59. The molecule has 11 heteroatoms. The molecule has 0 spiro atoms. The van der Waals surface area contributed by atoms with Crippen molar-refractivity contribution in [3.8, 4) is 0 Å². The Kier molecular flexibility index (Phi) is 8.83. The number of guanidine groups is 1. The van der Waals surface area contributed by atoms with Crippen LogP contribution in [-0.4, -0.2) is 39.4 Å². The Hall–Kier alpha value is -1.73. The molecule has 1 unspecified atom stereocenters. The van der Waals surface area contributed by atoms with Gasteiger partial charge in [-0.25, -0.2) is 19.8 Å². The van der Waals surface area contributed by atoms with Gasteiger partial charge in [0.15, 0.2) is 10.9 Å². The molecule has 29 heavy (non-hydrogen) atoms. The van der Waals surface area contributed by atoms with Crippen molar-refractivity contribution >= 4 is 63.5 Å². The lowest BCUT2D eigenvalue weighted by atomic mass is 10.3. The van der Waals surface area contributed by atoms with Gasteiger partial charge in [0.2, 0.25) is 0 Å². The summed E-state index contributed by atoms with van der Waals surface area (Å²) < 4.78 is 7.09. The monoisotopic (exact) mass is 548 g/mol. The van der Waals surface area contributed by atoms with Crippen LogP contribution in [0, 0.1) is 6.92 Å². The Morgan fingerprint density at radius 3 is 2.86 bits per heavy atom. The normalized spacial score (nSPS) is 12.5. The fourth-order valence-corrected chi connectivity index (χ4v) is 4.27. The maximum absolute atomic E-state index is 12.0. The highest BCUT2D eigenvalue weighted by Crippen LogP contribution is 2.24. The van der Waals surface area contributed by atoms with E-state index in [-0.39, 0.29) is 36.0 Å². The Labute approximate surface area is 194 Å². The van der Waals surface area contributed by atoms with Crippen LogP contribution in [0.3, 0.4) is 0 Å². The molecule has 3 rings (SSSR count). The van der Waals surface area contributed by atoms with Crippen molar-refractivity contribution < 1.29 is 9.53 Å². The van der Waals surface area contributed by atoms with E-state index in [1.165, 1.54) is 11.3 Å². The molecule has 0 aliphatic rings. The van der Waals surface area contributed by atoms with Gasteiger partial charge in [-0.05, 0) is 27.7 Å². The Balaban J connectivity index is 0.00000300. The van der Waals surface area contributed by atoms with Gasteiger partial charge in [-0.2, -0.15) is 0 Å². The van der Waals surface area contributed by atoms with Crippen LogP contribution in [0.4, 0.5) is 0 Å².